The monoisotopic (exact) mass is 531 g/mol. The molecule has 204 valence electrons. The van der Waals surface area contributed by atoms with Crippen LogP contribution in [0, 0.1) is 11.6 Å². The van der Waals surface area contributed by atoms with Crippen LogP contribution in [0.2, 0.25) is 0 Å². The van der Waals surface area contributed by atoms with Crippen molar-refractivity contribution in [1.29, 1.82) is 0 Å². The maximum Gasteiger partial charge on any atom is 0.241 e. The minimum atomic E-state index is -0.458. The molecule has 0 saturated carbocycles. The molecule has 0 aromatic heterocycles. The first kappa shape index (κ1) is 27.0. The van der Waals surface area contributed by atoms with Crippen molar-refractivity contribution in [2.24, 2.45) is 0 Å². The fourth-order valence-corrected chi connectivity index (χ4v) is 5.94. The summed E-state index contributed by atoms with van der Waals surface area (Å²) in [5.74, 6) is 0.245. The zero-order valence-corrected chi connectivity index (χ0v) is 23.0. The highest BCUT2D eigenvalue weighted by molar-refractivity contribution is 6.01. The number of hydrogen-bond donors (Lipinski definition) is 0. The summed E-state index contributed by atoms with van der Waals surface area (Å²) in [4.78, 5) is 20.2. The molecule has 5 nitrogen and oxygen atoms in total. The minimum Gasteiger partial charge on any atom is -0.497 e. The van der Waals surface area contributed by atoms with Gasteiger partial charge in [-0.25, -0.2) is 8.78 Å². The molecule has 2 aliphatic heterocycles. The number of piperazine rings is 1. The first-order chi connectivity index (χ1) is 18.7. The van der Waals surface area contributed by atoms with Crippen LogP contribution in [0.5, 0.6) is 5.75 Å². The molecule has 0 bridgehead atoms. The average Bonchev–Trinajstić information content (AvgIpc) is 2.91. The van der Waals surface area contributed by atoms with Gasteiger partial charge in [-0.1, -0.05) is 30.3 Å². The summed E-state index contributed by atoms with van der Waals surface area (Å²) in [6, 6.07) is 18.7. The van der Waals surface area contributed by atoms with Crippen molar-refractivity contribution in [2.45, 2.75) is 32.4 Å². The Morgan fingerprint density at radius 3 is 2.00 bits per heavy atom. The van der Waals surface area contributed by atoms with Gasteiger partial charge in [-0.15, -0.1) is 0 Å². The number of benzene rings is 3. The molecule has 39 heavy (non-hydrogen) atoms. The van der Waals surface area contributed by atoms with Crippen LogP contribution in [0.4, 0.5) is 14.5 Å². The Morgan fingerprint density at radius 2 is 1.46 bits per heavy atom. The van der Waals surface area contributed by atoms with Gasteiger partial charge in [0.15, 0.2) is 0 Å². The van der Waals surface area contributed by atoms with E-state index in [0.29, 0.717) is 19.6 Å². The first-order valence-electron chi connectivity index (χ1n) is 13.3. The molecule has 0 N–H and O–H groups in total. The second kappa shape index (κ2) is 10.9. The Labute approximate surface area is 229 Å². The third-order valence-corrected chi connectivity index (χ3v) is 7.77. The van der Waals surface area contributed by atoms with E-state index in [9.17, 15) is 13.6 Å². The highest BCUT2D eigenvalue weighted by Crippen LogP contribution is 2.40. The molecule has 0 unspecified atom stereocenters. The van der Waals surface area contributed by atoms with Crippen molar-refractivity contribution >= 4 is 17.2 Å². The molecule has 1 saturated heterocycles. The van der Waals surface area contributed by atoms with Gasteiger partial charge < -0.3 is 9.64 Å². The SMILES string of the molecule is COc1ccc2c(c1)C(C)=CC(C)(C)N2C(=O)CN1CCN(C(c2ccc(F)cc2)c2ccc(F)cc2)CC1. The Morgan fingerprint density at radius 1 is 0.897 bits per heavy atom. The predicted octanol–water partition coefficient (Wildman–Crippen LogP) is 5.91. The quantitative estimate of drug-likeness (QED) is 0.396. The van der Waals surface area contributed by atoms with Gasteiger partial charge in [0, 0.05) is 31.7 Å². The van der Waals surface area contributed by atoms with Crippen LogP contribution in [0.15, 0.2) is 72.8 Å². The van der Waals surface area contributed by atoms with Crippen molar-refractivity contribution in [3.05, 3.63) is 101 Å². The van der Waals surface area contributed by atoms with Gasteiger partial charge in [0.25, 0.3) is 0 Å². The number of ether oxygens (including phenoxy) is 1. The summed E-state index contributed by atoms with van der Waals surface area (Å²) < 4.78 is 32.8. The van der Waals surface area contributed by atoms with E-state index in [4.69, 9.17) is 4.74 Å². The second-order valence-corrected chi connectivity index (χ2v) is 10.9. The number of methoxy groups -OCH3 is 1. The number of fused-ring (bicyclic) bond motifs is 1. The minimum absolute atomic E-state index is 0.0530. The largest absolute Gasteiger partial charge is 0.497 e. The smallest absolute Gasteiger partial charge is 0.241 e. The molecule has 1 amide bonds. The highest BCUT2D eigenvalue weighted by atomic mass is 19.1. The Kier molecular flexibility index (Phi) is 7.56. The van der Waals surface area contributed by atoms with Gasteiger partial charge in [0.05, 0.1) is 30.9 Å². The van der Waals surface area contributed by atoms with Gasteiger partial charge in [-0.3, -0.25) is 14.6 Å². The van der Waals surface area contributed by atoms with Crippen molar-refractivity contribution in [3.8, 4) is 5.75 Å². The standard InChI is InChI=1S/C32H35F2N3O2/c1-22-20-32(2,3)37(29-14-13-27(39-4)19-28(22)29)30(38)21-35-15-17-36(18-16-35)31(23-5-9-25(33)10-6-23)24-7-11-26(34)12-8-24/h5-14,19-20,31H,15-18,21H2,1-4H3. The van der Waals surface area contributed by atoms with Crippen LogP contribution in [0.1, 0.15) is 43.5 Å². The van der Waals surface area contributed by atoms with E-state index in [1.54, 1.807) is 31.4 Å². The molecule has 5 rings (SSSR count). The van der Waals surface area contributed by atoms with E-state index in [-0.39, 0.29) is 23.6 Å². The van der Waals surface area contributed by atoms with Gasteiger partial charge in [-0.05, 0) is 79.9 Å². The number of anilines is 1. The van der Waals surface area contributed by atoms with E-state index >= 15 is 0 Å². The number of nitrogens with zero attached hydrogens (tertiary/aromatic N) is 3. The number of hydrogen-bond acceptors (Lipinski definition) is 4. The number of allylic oxidation sites excluding steroid dienone is 1. The molecule has 0 aliphatic carbocycles. The zero-order chi connectivity index (χ0) is 27.7. The lowest BCUT2D eigenvalue weighted by atomic mass is 9.88. The van der Waals surface area contributed by atoms with Gasteiger partial charge in [-0.2, -0.15) is 0 Å². The molecule has 2 heterocycles. The van der Waals surface area contributed by atoms with E-state index in [2.05, 4.69) is 36.6 Å². The highest BCUT2D eigenvalue weighted by Gasteiger charge is 2.37. The molecular formula is C32H35F2N3O2. The molecule has 7 heteroatoms. The molecule has 1 fully saturated rings. The molecule has 2 aliphatic rings. The first-order valence-corrected chi connectivity index (χ1v) is 13.3. The van der Waals surface area contributed by atoms with Crippen LogP contribution in [0.3, 0.4) is 0 Å². The van der Waals surface area contributed by atoms with Crippen LogP contribution in [-0.2, 0) is 4.79 Å². The molecule has 0 atom stereocenters. The van der Waals surface area contributed by atoms with E-state index in [0.717, 1.165) is 46.8 Å². The third kappa shape index (κ3) is 5.60. The van der Waals surface area contributed by atoms with E-state index < -0.39 is 5.54 Å². The lowest BCUT2D eigenvalue weighted by Gasteiger charge is -2.44. The van der Waals surface area contributed by atoms with Crippen LogP contribution >= 0.6 is 0 Å². The number of rotatable bonds is 6. The van der Waals surface area contributed by atoms with Crippen molar-refractivity contribution in [1.82, 2.24) is 9.80 Å². The molecule has 0 radical (unpaired) electrons. The summed E-state index contributed by atoms with van der Waals surface area (Å²) >= 11 is 0. The second-order valence-electron chi connectivity index (χ2n) is 10.9. The molecule has 0 spiro atoms. The zero-order valence-electron chi connectivity index (χ0n) is 23.0. The summed E-state index contributed by atoms with van der Waals surface area (Å²) in [5.41, 5.74) is 4.49. The topological polar surface area (TPSA) is 36.0 Å². The maximum absolute atomic E-state index is 13.8. The Hall–Kier alpha value is -3.55. The fourth-order valence-electron chi connectivity index (χ4n) is 5.94. The van der Waals surface area contributed by atoms with Crippen molar-refractivity contribution < 1.29 is 18.3 Å². The van der Waals surface area contributed by atoms with Gasteiger partial charge >= 0.3 is 0 Å². The van der Waals surface area contributed by atoms with Crippen LogP contribution < -0.4 is 9.64 Å². The Bertz CT molecular complexity index is 1320. The number of carbonyl (C=O) groups is 1. The van der Waals surface area contributed by atoms with Crippen molar-refractivity contribution in [2.75, 3.05) is 44.7 Å². The number of amides is 1. The lowest BCUT2D eigenvalue weighted by Crippen LogP contribution is -2.55. The molecule has 3 aromatic rings. The normalized spacial score (nSPS) is 17.6. The number of halogens is 2. The molecule has 3 aromatic carbocycles. The third-order valence-electron chi connectivity index (χ3n) is 7.77. The van der Waals surface area contributed by atoms with Crippen LogP contribution in [0.25, 0.3) is 5.57 Å². The van der Waals surface area contributed by atoms with Gasteiger partial charge in [0.1, 0.15) is 17.4 Å². The molecular weight excluding hydrogens is 496 g/mol. The van der Waals surface area contributed by atoms with Gasteiger partial charge in [0.2, 0.25) is 5.91 Å². The van der Waals surface area contributed by atoms with E-state index in [1.165, 1.54) is 24.3 Å². The average molecular weight is 532 g/mol. The summed E-state index contributed by atoms with van der Waals surface area (Å²) in [6.45, 7) is 9.39. The summed E-state index contributed by atoms with van der Waals surface area (Å²) in [7, 11) is 1.65. The van der Waals surface area contributed by atoms with Crippen molar-refractivity contribution in [3.63, 3.8) is 0 Å². The number of carbonyl (C=O) groups excluding carboxylic acids is 1. The van der Waals surface area contributed by atoms with Crippen LogP contribution in [-0.4, -0.2) is 61.1 Å². The lowest BCUT2D eigenvalue weighted by molar-refractivity contribution is -0.121. The Balaban J connectivity index is 1.32. The maximum atomic E-state index is 13.8. The predicted molar refractivity (Wildman–Crippen MR) is 151 cm³/mol. The summed E-state index contributed by atoms with van der Waals surface area (Å²) in [5, 5.41) is 0. The van der Waals surface area contributed by atoms with E-state index in [1.807, 2.05) is 23.1 Å². The summed E-state index contributed by atoms with van der Waals surface area (Å²) in [6.07, 6.45) is 2.14. The fraction of sp³-hybridized carbons (Fsp3) is 0.344.